The molecule has 0 spiro atoms. The van der Waals surface area contributed by atoms with Crippen LogP contribution < -0.4 is 11.1 Å². The van der Waals surface area contributed by atoms with E-state index in [1.165, 1.54) is 0 Å². The van der Waals surface area contributed by atoms with Crippen LogP contribution in [0.25, 0.3) is 0 Å². The molecule has 0 saturated heterocycles. The van der Waals surface area contributed by atoms with Gasteiger partial charge in [-0.2, -0.15) is 0 Å². The van der Waals surface area contributed by atoms with Crippen LogP contribution in [0, 0.1) is 0 Å². The molecular weight excluding hydrogens is 352 g/mol. The number of anilines is 2. The van der Waals surface area contributed by atoms with Crippen LogP contribution in [0.5, 0.6) is 0 Å². The summed E-state index contributed by atoms with van der Waals surface area (Å²) in [5, 5.41) is 2.75. The molecule has 1 atom stereocenters. The highest BCUT2D eigenvalue weighted by molar-refractivity contribution is 9.10. The first-order chi connectivity index (χ1) is 10.0. The number of hydrogen-bond donors (Lipinski definition) is 2. The molecule has 0 aliphatic heterocycles. The normalized spacial score (nSPS) is 11.9. The van der Waals surface area contributed by atoms with Gasteiger partial charge in [-0.3, -0.25) is 9.00 Å². The third-order valence-electron chi connectivity index (χ3n) is 2.77. The Bertz CT molecular complexity index is 659. The first kappa shape index (κ1) is 15.7. The lowest BCUT2D eigenvalue weighted by Crippen LogP contribution is -2.14. The summed E-state index contributed by atoms with van der Waals surface area (Å²) in [6, 6.07) is 14.2. The Labute approximate surface area is 134 Å². The summed E-state index contributed by atoms with van der Waals surface area (Å²) in [7, 11) is -1.19. The van der Waals surface area contributed by atoms with E-state index in [-0.39, 0.29) is 18.1 Å². The zero-order valence-electron chi connectivity index (χ0n) is 11.2. The quantitative estimate of drug-likeness (QED) is 0.798. The SMILES string of the molecule is Nc1ccc(NC(=O)CCS(=O)c2cccc(Br)c2)cc1. The number of hydrogen-bond acceptors (Lipinski definition) is 3. The summed E-state index contributed by atoms with van der Waals surface area (Å²) in [5.41, 5.74) is 6.90. The number of carbonyl (C=O) groups is 1. The zero-order valence-corrected chi connectivity index (χ0v) is 13.6. The molecule has 2 rings (SSSR count). The second-order valence-electron chi connectivity index (χ2n) is 4.43. The van der Waals surface area contributed by atoms with Crippen LogP contribution in [0.2, 0.25) is 0 Å². The Morgan fingerprint density at radius 1 is 1.19 bits per heavy atom. The maximum Gasteiger partial charge on any atom is 0.225 e. The van der Waals surface area contributed by atoms with Crippen molar-refractivity contribution in [3.63, 3.8) is 0 Å². The van der Waals surface area contributed by atoms with Crippen LogP contribution in [-0.2, 0) is 15.6 Å². The summed E-state index contributed by atoms with van der Waals surface area (Å²) in [6.07, 6.45) is 0.198. The van der Waals surface area contributed by atoms with Gasteiger partial charge < -0.3 is 11.1 Å². The summed E-state index contributed by atoms with van der Waals surface area (Å²) >= 11 is 3.34. The Kier molecular flexibility index (Phi) is 5.52. The van der Waals surface area contributed by atoms with E-state index in [0.717, 1.165) is 4.47 Å². The summed E-state index contributed by atoms with van der Waals surface area (Å²) in [6.45, 7) is 0. The van der Waals surface area contributed by atoms with Crippen molar-refractivity contribution < 1.29 is 9.00 Å². The van der Waals surface area contributed by atoms with Crippen molar-refractivity contribution in [2.75, 3.05) is 16.8 Å². The average Bonchev–Trinajstić information content (AvgIpc) is 2.47. The minimum atomic E-state index is -1.19. The van der Waals surface area contributed by atoms with Crippen molar-refractivity contribution in [2.24, 2.45) is 0 Å². The number of nitrogen functional groups attached to an aromatic ring is 1. The van der Waals surface area contributed by atoms with Gasteiger partial charge in [0.1, 0.15) is 0 Å². The second kappa shape index (κ2) is 7.38. The Morgan fingerprint density at radius 2 is 1.90 bits per heavy atom. The molecule has 3 N–H and O–H groups in total. The van der Waals surface area contributed by atoms with Crippen molar-refractivity contribution >= 4 is 44.0 Å². The fourth-order valence-corrected chi connectivity index (χ4v) is 3.35. The lowest BCUT2D eigenvalue weighted by Gasteiger charge is -2.06. The highest BCUT2D eigenvalue weighted by Crippen LogP contribution is 2.16. The number of nitrogens with two attached hydrogens (primary N) is 1. The molecule has 4 nitrogen and oxygen atoms in total. The van der Waals surface area contributed by atoms with Crippen molar-refractivity contribution in [1.29, 1.82) is 0 Å². The van der Waals surface area contributed by atoms with Gasteiger partial charge in [0.2, 0.25) is 5.91 Å². The molecule has 0 radical (unpaired) electrons. The number of benzene rings is 2. The van der Waals surface area contributed by atoms with Gasteiger partial charge in [0.15, 0.2) is 0 Å². The smallest absolute Gasteiger partial charge is 0.225 e. The fraction of sp³-hybridized carbons (Fsp3) is 0.133. The molecule has 0 aliphatic rings. The van der Waals surface area contributed by atoms with Crippen LogP contribution in [-0.4, -0.2) is 15.9 Å². The van der Waals surface area contributed by atoms with E-state index in [4.69, 9.17) is 5.73 Å². The molecule has 1 amide bonds. The highest BCUT2D eigenvalue weighted by Gasteiger charge is 2.08. The predicted molar refractivity (Wildman–Crippen MR) is 89.5 cm³/mol. The topological polar surface area (TPSA) is 72.2 Å². The summed E-state index contributed by atoms with van der Waals surface area (Å²) in [4.78, 5) is 12.5. The number of nitrogens with one attached hydrogen (secondary N) is 1. The molecule has 21 heavy (non-hydrogen) atoms. The molecule has 0 aliphatic carbocycles. The number of amides is 1. The summed E-state index contributed by atoms with van der Waals surface area (Å²) < 4.78 is 13.0. The van der Waals surface area contributed by atoms with Gasteiger partial charge >= 0.3 is 0 Å². The highest BCUT2D eigenvalue weighted by atomic mass is 79.9. The Hall–Kier alpha value is -1.66. The van der Waals surface area contributed by atoms with Crippen LogP contribution in [0.15, 0.2) is 57.9 Å². The first-order valence-electron chi connectivity index (χ1n) is 6.34. The van der Waals surface area contributed by atoms with E-state index in [2.05, 4.69) is 21.2 Å². The lowest BCUT2D eigenvalue weighted by molar-refractivity contribution is -0.115. The number of carbonyl (C=O) groups excluding carboxylic acids is 1. The van der Waals surface area contributed by atoms with E-state index in [9.17, 15) is 9.00 Å². The molecular formula is C15H15BrN2O2S. The summed E-state index contributed by atoms with van der Waals surface area (Å²) in [5.74, 6) is 0.125. The molecule has 0 heterocycles. The lowest BCUT2D eigenvalue weighted by atomic mass is 10.3. The predicted octanol–water partition coefficient (Wildman–Crippen LogP) is 3.17. The maximum atomic E-state index is 12.1. The largest absolute Gasteiger partial charge is 0.399 e. The standard InChI is InChI=1S/C15H15BrN2O2S/c16-11-2-1-3-14(10-11)21(20)9-8-15(19)18-13-6-4-12(17)5-7-13/h1-7,10H,8-9,17H2,(H,18,19). The number of halogens is 1. The van der Waals surface area contributed by atoms with Crippen molar-refractivity contribution in [3.05, 3.63) is 53.0 Å². The molecule has 0 saturated carbocycles. The van der Waals surface area contributed by atoms with Gasteiger partial charge in [-0.25, -0.2) is 0 Å². The van der Waals surface area contributed by atoms with Gasteiger partial charge in [-0.05, 0) is 42.5 Å². The second-order valence-corrected chi connectivity index (χ2v) is 6.91. The average molecular weight is 367 g/mol. The Balaban J connectivity index is 1.86. The van der Waals surface area contributed by atoms with Gasteiger partial charge in [0, 0.05) is 32.9 Å². The molecule has 110 valence electrons. The zero-order chi connectivity index (χ0) is 15.2. The third kappa shape index (κ3) is 4.99. The molecule has 2 aromatic carbocycles. The van der Waals surface area contributed by atoms with Crippen LogP contribution in [0.1, 0.15) is 6.42 Å². The van der Waals surface area contributed by atoms with E-state index in [1.54, 1.807) is 36.4 Å². The molecule has 1 unspecified atom stereocenters. The third-order valence-corrected chi connectivity index (χ3v) is 4.62. The van der Waals surface area contributed by atoms with E-state index < -0.39 is 10.8 Å². The van der Waals surface area contributed by atoms with E-state index in [1.807, 2.05) is 12.1 Å². The molecule has 0 fully saturated rings. The van der Waals surface area contributed by atoms with Crippen molar-refractivity contribution in [3.8, 4) is 0 Å². The minimum Gasteiger partial charge on any atom is -0.399 e. The van der Waals surface area contributed by atoms with Crippen molar-refractivity contribution in [1.82, 2.24) is 0 Å². The van der Waals surface area contributed by atoms with E-state index in [0.29, 0.717) is 16.3 Å². The molecule has 6 heteroatoms. The molecule has 0 bridgehead atoms. The molecule has 0 aromatic heterocycles. The molecule has 2 aromatic rings. The Morgan fingerprint density at radius 3 is 2.57 bits per heavy atom. The van der Waals surface area contributed by atoms with Crippen LogP contribution in [0.3, 0.4) is 0 Å². The number of rotatable bonds is 5. The maximum absolute atomic E-state index is 12.1. The van der Waals surface area contributed by atoms with Crippen molar-refractivity contribution in [2.45, 2.75) is 11.3 Å². The van der Waals surface area contributed by atoms with Gasteiger partial charge in [-0.1, -0.05) is 22.0 Å². The van der Waals surface area contributed by atoms with Crippen LogP contribution in [0.4, 0.5) is 11.4 Å². The first-order valence-corrected chi connectivity index (χ1v) is 8.45. The fourth-order valence-electron chi connectivity index (χ4n) is 1.70. The monoisotopic (exact) mass is 366 g/mol. The van der Waals surface area contributed by atoms with Gasteiger partial charge in [0.05, 0.1) is 10.8 Å². The minimum absolute atomic E-state index is 0.164. The van der Waals surface area contributed by atoms with Crippen LogP contribution >= 0.6 is 15.9 Å². The van der Waals surface area contributed by atoms with Gasteiger partial charge in [-0.15, -0.1) is 0 Å². The van der Waals surface area contributed by atoms with E-state index >= 15 is 0 Å². The van der Waals surface area contributed by atoms with Gasteiger partial charge in [0.25, 0.3) is 0 Å².